The van der Waals surface area contributed by atoms with Gasteiger partial charge < -0.3 is 5.32 Å². The molecular weight excluding hydrogens is 270 g/mol. The van der Waals surface area contributed by atoms with Crippen molar-refractivity contribution in [1.29, 1.82) is 0 Å². The third kappa shape index (κ3) is 3.28. The summed E-state index contributed by atoms with van der Waals surface area (Å²) in [5.74, 6) is 1.75. The van der Waals surface area contributed by atoms with Crippen molar-refractivity contribution < 1.29 is 0 Å². The van der Waals surface area contributed by atoms with Crippen LogP contribution in [0.15, 0.2) is 24.3 Å². The van der Waals surface area contributed by atoms with Crippen molar-refractivity contribution in [2.45, 2.75) is 33.6 Å². The number of halogens is 1. The van der Waals surface area contributed by atoms with Crippen LogP contribution in [0, 0.1) is 6.92 Å². The predicted octanol–water partition coefficient (Wildman–Crippen LogP) is 4.02. The zero-order valence-electron chi connectivity index (χ0n) is 12.2. The Morgan fingerprint density at radius 2 is 1.90 bits per heavy atom. The molecule has 1 aromatic carbocycles. The first-order valence-electron chi connectivity index (χ1n) is 6.99. The highest BCUT2D eigenvalue weighted by Gasteiger charge is 2.10. The van der Waals surface area contributed by atoms with E-state index in [1.807, 2.05) is 24.3 Å². The summed E-state index contributed by atoms with van der Waals surface area (Å²) in [6.07, 6.45) is 1.56. The van der Waals surface area contributed by atoms with E-state index >= 15 is 0 Å². The molecule has 2 aromatic rings. The minimum absolute atomic E-state index is 0.658. The van der Waals surface area contributed by atoms with Crippen LogP contribution < -0.4 is 5.32 Å². The second kappa shape index (κ2) is 6.71. The maximum Gasteiger partial charge on any atom is 0.135 e. The van der Waals surface area contributed by atoms with Gasteiger partial charge in [0.05, 0.1) is 0 Å². The first kappa shape index (κ1) is 14.8. The van der Waals surface area contributed by atoms with Crippen molar-refractivity contribution in [3.8, 4) is 0 Å². The average Bonchev–Trinajstić information content (AvgIpc) is 2.45. The Morgan fingerprint density at radius 3 is 2.55 bits per heavy atom. The maximum atomic E-state index is 6.21. The minimum atomic E-state index is 0.658. The highest BCUT2D eigenvalue weighted by atomic mass is 35.5. The quantitative estimate of drug-likeness (QED) is 0.903. The largest absolute Gasteiger partial charge is 0.370 e. The molecule has 3 nitrogen and oxygen atoms in total. The third-order valence-electron chi connectivity index (χ3n) is 3.28. The second-order valence-electron chi connectivity index (χ2n) is 4.71. The Kier molecular flexibility index (Phi) is 4.96. The number of nitrogens with zero attached hydrogens (tertiary/aromatic N) is 2. The number of aryl methyl sites for hydroxylation is 1. The molecule has 0 bridgehead atoms. The molecule has 1 N–H and O–H groups in total. The predicted molar refractivity (Wildman–Crippen MR) is 84.6 cm³/mol. The summed E-state index contributed by atoms with van der Waals surface area (Å²) in [6.45, 7) is 7.11. The lowest BCUT2D eigenvalue weighted by atomic mass is 10.1. The summed E-state index contributed by atoms with van der Waals surface area (Å²) < 4.78 is 0. The molecule has 0 aliphatic rings. The van der Waals surface area contributed by atoms with E-state index < -0.39 is 0 Å². The molecule has 0 amide bonds. The van der Waals surface area contributed by atoms with Crippen molar-refractivity contribution >= 4 is 17.4 Å². The summed E-state index contributed by atoms with van der Waals surface area (Å²) in [7, 11) is 0. The Morgan fingerprint density at radius 1 is 1.15 bits per heavy atom. The van der Waals surface area contributed by atoms with E-state index in [1.165, 1.54) is 0 Å². The van der Waals surface area contributed by atoms with Crippen LogP contribution in [-0.2, 0) is 12.8 Å². The lowest BCUT2D eigenvalue weighted by Crippen LogP contribution is -2.09. The zero-order chi connectivity index (χ0) is 14.5. The van der Waals surface area contributed by atoms with Gasteiger partial charge in [-0.15, -0.1) is 0 Å². The van der Waals surface area contributed by atoms with Gasteiger partial charge in [0.2, 0.25) is 0 Å². The average molecular weight is 290 g/mol. The van der Waals surface area contributed by atoms with Gasteiger partial charge in [-0.05, 0) is 31.9 Å². The first-order valence-corrected chi connectivity index (χ1v) is 7.37. The van der Waals surface area contributed by atoms with Gasteiger partial charge in [-0.1, -0.05) is 36.7 Å². The Hall–Kier alpha value is -1.61. The van der Waals surface area contributed by atoms with Crippen LogP contribution in [0.5, 0.6) is 0 Å². The first-order chi connectivity index (χ1) is 9.65. The summed E-state index contributed by atoms with van der Waals surface area (Å²) in [6, 6.07) is 7.84. The molecule has 1 heterocycles. The van der Waals surface area contributed by atoms with Gasteiger partial charge in [-0.3, -0.25) is 0 Å². The summed E-state index contributed by atoms with van der Waals surface area (Å²) >= 11 is 6.21. The van der Waals surface area contributed by atoms with Gasteiger partial charge in [0.25, 0.3) is 0 Å². The van der Waals surface area contributed by atoms with E-state index in [9.17, 15) is 0 Å². The van der Waals surface area contributed by atoms with E-state index in [1.54, 1.807) is 0 Å². The molecule has 0 aliphatic heterocycles. The highest BCUT2D eigenvalue weighted by molar-refractivity contribution is 6.31. The molecule has 0 radical (unpaired) electrons. The fraction of sp³-hybridized carbons (Fsp3) is 0.375. The molecule has 0 saturated heterocycles. The smallest absolute Gasteiger partial charge is 0.135 e. The number of nitrogens with one attached hydrogen (secondary N) is 1. The van der Waals surface area contributed by atoms with Crippen LogP contribution in [0.1, 0.15) is 36.5 Å². The van der Waals surface area contributed by atoms with Crippen molar-refractivity contribution in [2.75, 3.05) is 11.9 Å². The molecule has 0 atom stereocenters. The molecule has 106 valence electrons. The third-order valence-corrected chi connectivity index (χ3v) is 3.65. The fourth-order valence-corrected chi connectivity index (χ4v) is 2.39. The normalized spacial score (nSPS) is 10.6. The van der Waals surface area contributed by atoms with Gasteiger partial charge >= 0.3 is 0 Å². The molecule has 0 saturated carbocycles. The lowest BCUT2D eigenvalue weighted by molar-refractivity contribution is 0.887. The van der Waals surface area contributed by atoms with Gasteiger partial charge in [0.15, 0.2) is 0 Å². The number of benzene rings is 1. The van der Waals surface area contributed by atoms with E-state index in [-0.39, 0.29) is 0 Å². The van der Waals surface area contributed by atoms with Gasteiger partial charge in [-0.25, -0.2) is 9.97 Å². The highest BCUT2D eigenvalue weighted by Crippen LogP contribution is 2.21. The van der Waals surface area contributed by atoms with Crippen molar-refractivity contribution in [3.63, 3.8) is 0 Å². The van der Waals surface area contributed by atoms with E-state index in [4.69, 9.17) is 11.6 Å². The standard InChI is InChI=1S/C16H20ClN3/c1-4-14-11(3)16(18-5-2)20-15(19-14)10-12-8-6-7-9-13(12)17/h6-9H,4-5,10H2,1-3H3,(H,18,19,20). The topological polar surface area (TPSA) is 37.8 Å². The monoisotopic (exact) mass is 289 g/mol. The second-order valence-corrected chi connectivity index (χ2v) is 5.12. The summed E-state index contributed by atoms with van der Waals surface area (Å²) in [5, 5.41) is 4.07. The summed E-state index contributed by atoms with van der Waals surface area (Å²) in [5.41, 5.74) is 3.29. The fourth-order valence-electron chi connectivity index (χ4n) is 2.19. The van der Waals surface area contributed by atoms with E-state index in [2.05, 4.69) is 36.1 Å². The van der Waals surface area contributed by atoms with Crippen LogP contribution in [0.2, 0.25) is 5.02 Å². The Bertz CT molecular complexity index is 596. The zero-order valence-corrected chi connectivity index (χ0v) is 13.0. The van der Waals surface area contributed by atoms with Crippen LogP contribution >= 0.6 is 11.6 Å². The molecule has 0 fully saturated rings. The summed E-state index contributed by atoms with van der Waals surface area (Å²) in [4.78, 5) is 9.29. The van der Waals surface area contributed by atoms with Crippen molar-refractivity contribution in [2.24, 2.45) is 0 Å². The van der Waals surface area contributed by atoms with Crippen LogP contribution in [0.3, 0.4) is 0 Å². The number of aromatic nitrogens is 2. The van der Waals surface area contributed by atoms with E-state index in [0.717, 1.165) is 46.5 Å². The molecule has 0 aliphatic carbocycles. The van der Waals surface area contributed by atoms with Gasteiger partial charge in [0, 0.05) is 29.2 Å². The Balaban J connectivity index is 2.37. The molecule has 1 aromatic heterocycles. The minimum Gasteiger partial charge on any atom is -0.370 e. The van der Waals surface area contributed by atoms with Crippen molar-refractivity contribution in [3.05, 3.63) is 51.9 Å². The molecule has 0 spiro atoms. The van der Waals surface area contributed by atoms with E-state index in [0.29, 0.717) is 6.42 Å². The van der Waals surface area contributed by atoms with Crippen LogP contribution in [0.4, 0.5) is 5.82 Å². The van der Waals surface area contributed by atoms with Crippen molar-refractivity contribution in [1.82, 2.24) is 9.97 Å². The molecule has 4 heteroatoms. The molecule has 20 heavy (non-hydrogen) atoms. The Labute approximate surface area is 125 Å². The SMILES string of the molecule is CCNc1nc(Cc2ccccc2Cl)nc(CC)c1C. The van der Waals surface area contributed by atoms with Gasteiger partial charge in [-0.2, -0.15) is 0 Å². The number of anilines is 1. The number of hydrogen-bond donors (Lipinski definition) is 1. The molecule has 0 unspecified atom stereocenters. The van der Waals surface area contributed by atoms with Gasteiger partial charge in [0.1, 0.15) is 11.6 Å². The van der Waals surface area contributed by atoms with Crippen LogP contribution in [0.25, 0.3) is 0 Å². The lowest BCUT2D eigenvalue weighted by Gasteiger charge is -2.12. The number of hydrogen-bond acceptors (Lipinski definition) is 3. The maximum absolute atomic E-state index is 6.21. The molecule has 2 rings (SSSR count). The number of rotatable bonds is 5. The molecular formula is C16H20ClN3. The van der Waals surface area contributed by atoms with Crippen LogP contribution in [-0.4, -0.2) is 16.5 Å².